The van der Waals surface area contributed by atoms with Gasteiger partial charge < -0.3 is 14.5 Å². The van der Waals surface area contributed by atoms with Gasteiger partial charge in [0.1, 0.15) is 11.1 Å². The minimum Gasteiger partial charge on any atom is -0.490 e. The Bertz CT molecular complexity index is 1040. The minimum atomic E-state index is -0.792. The standard InChI is InChI=1S/C17H12N2O6/c1-24-15-7-6-11(9-13(15)19(22)23)18-16(20)12-8-10-4-2-3-5-14(10)25-17(12)21/h2-9H,1H3,(H,18,20). The number of para-hydroxylation sites is 1. The number of nitro groups is 1. The van der Waals surface area contributed by atoms with Crippen LogP contribution in [0.1, 0.15) is 10.4 Å². The first-order chi connectivity index (χ1) is 12.0. The Labute approximate surface area is 140 Å². The fourth-order valence-corrected chi connectivity index (χ4v) is 2.33. The molecular weight excluding hydrogens is 328 g/mol. The molecule has 1 amide bonds. The predicted molar refractivity (Wildman–Crippen MR) is 90.1 cm³/mol. The van der Waals surface area contributed by atoms with E-state index in [1.807, 2.05) is 0 Å². The molecule has 0 fully saturated rings. The molecule has 0 saturated heterocycles. The zero-order valence-electron chi connectivity index (χ0n) is 13.0. The van der Waals surface area contributed by atoms with Gasteiger partial charge in [-0.25, -0.2) is 4.79 Å². The highest BCUT2D eigenvalue weighted by atomic mass is 16.6. The van der Waals surface area contributed by atoms with Crippen LogP contribution in [0.2, 0.25) is 0 Å². The van der Waals surface area contributed by atoms with Crippen LogP contribution >= 0.6 is 0 Å². The summed E-state index contributed by atoms with van der Waals surface area (Å²) in [7, 11) is 1.31. The number of ether oxygens (including phenoxy) is 1. The molecular formula is C17H12N2O6. The van der Waals surface area contributed by atoms with Gasteiger partial charge in [0.2, 0.25) is 0 Å². The van der Waals surface area contributed by atoms with Crippen LogP contribution in [-0.2, 0) is 0 Å². The van der Waals surface area contributed by atoms with Gasteiger partial charge in [0.05, 0.1) is 12.0 Å². The second kappa shape index (κ2) is 6.44. The molecule has 0 radical (unpaired) electrons. The van der Waals surface area contributed by atoms with E-state index in [1.165, 1.54) is 25.3 Å². The van der Waals surface area contributed by atoms with Gasteiger partial charge in [0.25, 0.3) is 5.91 Å². The van der Waals surface area contributed by atoms with Crippen molar-refractivity contribution in [3.63, 3.8) is 0 Å². The molecule has 3 aromatic rings. The summed E-state index contributed by atoms with van der Waals surface area (Å²) in [5, 5.41) is 14.1. The summed E-state index contributed by atoms with van der Waals surface area (Å²) in [5.41, 5.74) is -0.767. The van der Waals surface area contributed by atoms with Crippen molar-refractivity contribution >= 4 is 28.3 Å². The first-order valence-corrected chi connectivity index (χ1v) is 7.16. The van der Waals surface area contributed by atoms with Crippen molar-refractivity contribution in [1.29, 1.82) is 0 Å². The summed E-state index contributed by atoms with van der Waals surface area (Å²) < 4.78 is 10.0. The van der Waals surface area contributed by atoms with E-state index in [2.05, 4.69) is 5.32 Å². The molecule has 8 heteroatoms. The van der Waals surface area contributed by atoms with Gasteiger partial charge in [0, 0.05) is 17.1 Å². The van der Waals surface area contributed by atoms with E-state index in [1.54, 1.807) is 24.3 Å². The first-order valence-electron chi connectivity index (χ1n) is 7.16. The van der Waals surface area contributed by atoms with E-state index in [0.717, 1.165) is 6.07 Å². The predicted octanol–water partition coefficient (Wildman–Crippen LogP) is 2.96. The Morgan fingerprint density at radius 3 is 2.68 bits per heavy atom. The highest BCUT2D eigenvalue weighted by Gasteiger charge is 2.18. The van der Waals surface area contributed by atoms with Crippen molar-refractivity contribution in [2.45, 2.75) is 0 Å². The molecule has 2 aromatic carbocycles. The number of nitrogens with zero attached hydrogens (tertiary/aromatic N) is 1. The number of benzene rings is 2. The average molecular weight is 340 g/mol. The molecule has 0 aliphatic heterocycles. The molecule has 25 heavy (non-hydrogen) atoms. The lowest BCUT2D eigenvalue weighted by molar-refractivity contribution is -0.385. The van der Waals surface area contributed by atoms with Crippen molar-refractivity contribution < 1.29 is 18.9 Å². The number of anilines is 1. The van der Waals surface area contributed by atoms with Crippen molar-refractivity contribution in [3.8, 4) is 5.75 Å². The van der Waals surface area contributed by atoms with Gasteiger partial charge in [-0.3, -0.25) is 14.9 Å². The molecule has 0 aliphatic carbocycles. The number of amides is 1. The third-order valence-electron chi connectivity index (χ3n) is 3.52. The van der Waals surface area contributed by atoms with Crippen molar-refractivity contribution in [3.05, 3.63) is 74.6 Å². The quantitative estimate of drug-likeness (QED) is 0.444. The van der Waals surface area contributed by atoms with Crippen LogP contribution in [0.5, 0.6) is 5.75 Å². The number of fused-ring (bicyclic) bond motifs is 1. The Balaban J connectivity index is 1.95. The molecule has 0 spiro atoms. The number of carbonyl (C=O) groups excluding carboxylic acids is 1. The molecule has 0 bridgehead atoms. The number of nitro benzene ring substituents is 1. The summed E-state index contributed by atoms with van der Waals surface area (Å²) in [6, 6.07) is 12.1. The smallest absolute Gasteiger partial charge is 0.349 e. The zero-order chi connectivity index (χ0) is 18.0. The summed E-state index contributed by atoms with van der Waals surface area (Å²) in [6.07, 6.45) is 0. The zero-order valence-corrected chi connectivity index (χ0v) is 13.0. The van der Waals surface area contributed by atoms with E-state index in [0.29, 0.717) is 11.0 Å². The average Bonchev–Trinajstić information content (AvgIpc) is 2.60. The van der Waals surface area contributed by atoms with E-state index < -0.39 is 16.5 Å². The van der Waals surface area contributed by atoms with E-state index in [-0.39, 0.29) is 22.7 Å². The number of hydrogen-bond acceptors (Lipinski definition) is 6. The second-order valence-corrected chi connectivity index (χ2v) is 5.08. The Morgan fingerprint density at radius 2 is 1.96 bits per heavy atom. The van der Waals surface area contributed by atoms with Crippen molar-refractivity contribution in [2.24, 2.45) is 0 Å². The second-order valence-electron chi connectivity index (χ2n) is 5.08. The van der Waals surface area contributed by atoms with Crippen LogP contribution in [0.4, 0.5) is 11.4 Å². The maximum atomic E-state index is 12.3. The van der Waals surface area contributed by atoms with Gasteiger partial charge in [0.15, 0.2) is 5.75 Å². The molecule has 0 atom stereocenters. The molecule has 3 rings (SSSR count). The number of hydrogen-bond donors (Lipinski definition) is 1. The monoisotopic (exact) mass is 340 g/mol. The number of rotatable bonds is 4. The summed E-state index contributed by atoms with van der Waals surface area (Å²) in [4.78, 5) is 34.7. The van der Waals surface area contributed by atoms with Crippen LogP contribution in [0.15, 0.2) is 57.7 Å². The third-order valence-corrected chi connectivity index (χ3v) is 3.52. The molecule has 1 heterocycles. The van der Waals surface area contributed by atoms with Gasteiger partial charge >= 0.3 is 11.3 Å². The molecule has 0 aliphatic rings. The van der Waals surface area contributed by atoms with Crippen LogP contribution in [0.3, 0.4) is 0 Å². The molecule has 8 nitrogen and oxygen atoms in total. The fraction of sp³-hybridized carbons (Fsp3) is 0.0588. The van der Waals surface area contributed by atoms with Gasteiger partial charge in [-0.1, -0.05) is 18.2 Å². The lowest BCUT2D eigenvalue weighted by atomic mass is 10.1. The third kappa shape index (κ3) is 3.18. The largest absolute Gasteiger partial charge is 0.490 e. The van der Waals surface area contributed by atoms with E-state index >= 15 is 0 Å². The van der Waals surface area contributed by atoms with E-state index in [9.17, 15) is 19.7 Å². The normalized spacial score (nSPS) is 10.4. The maximum absolute atomic E-state index is 12.3. The van der Waals surface area contributed by atoms with Crippen molar-refractivity contribution in [1.82, 2.24) is 0 Å². The number of nitrogens with one attached hydrogen (secondary N) is 1. The number of methoxy groups -OCH3 is 1. The molecule has 0 unspecified atom stereocenters. The van der Waals surface area contributed by atoms with Crippen LogP contribution in [0, 0.1) is 10.1 Å². The Morgan fingerprint density at radius 1 is 1.20 bits per heavy atom. The minimum absolute atomic E-state index is 0.0632. The summed E-state index contributed by atoms with van der Waals surface area (Å²) in [6.45, 7) is 0. The van der Waals surface area contributed by atoms with Gasteiger partial charge in [-0.05, 0) is 24.3 Å². The first kappa shape index (κ1) is 16.2. The molecule has 0 saturated carbocycles. The van der Waals surface area contributed by atoms with Crippen LogP contribution in [0.25, 0.3) is 11.0 Å². The Hall–Kier alpha value is -3.68. The van der Waals surface area contributed by atoms with Gasteiger partial charge in [-0.15, -0.1) is 0 Å². The highest BCUT2D eigenvalue weighted by molar-refractivity contribution is 6.05. The molecule has 1 aromatic heterocycles. The lowest BCUT2D eigenvalue weighted by Crippen LogP contribution is -2.20. The lowest BCUT2D eigenvalue weighted by Gasteiger charge is -2.07. The maximum Gasteiger partial charge on any atom is 0.349 e. The molecule has 1 N–H and O–H groups in total. The fourth-order valence-electron chi connectivity index (χ4n) is 2.33. The molecule has 126 valence electrons. The SMILES string of the molecule is COc1ccc(NC(=O)c2cc3ccccc3oc2=O)cc1[N+](=O)[O-]. The van der Waals surface area contributed by atoms with Crippen LogP contribution in [-0.4, -0.2) is 17.9 Å². The number of carbonyl (C=O) groups is 1. The highest BCUT2D eigenvalue weighted by Crippen LogP contribution is 2.29. The summed E-state index contributed by atoms with van der Waals surface area (Å²) >= 11 is 0. The topological polar surface area (TPSA) is 112 Å². The van der Waals surface area contributed by atoms with E-state index in [4.69, 9.17) is 9.15 Å². The van der Waals surface area contributed by atoms with Crippen LogP contribution < -0.4 is 15.7 Å². The van der Waals surface area contributed by atoms with Crippen molar-refractivity contribution in [2.75, 3.05) is 12.4 Å². The Kier molecular flexibility index (Phi) is 4.17. The van der Waals surface area contributed by atoms with Gasteiger partial charge in [-0.2, -0.15) is 0 Å². The summed E-state index contributed by atoms with van der Waals surface area (Å²) in [5.74, 6) is -0.660.